The van der Waals surface area contributed by atoms with Gasteiger partial charge in [-0.15, -0.1) is 0 Å². The van der Waals surface area contributed by atoms with E-state index in [9.17, 15) is 4.79 Å². The van der Waals surface area contributed by atoms with Crippen LogP contribution in [0.2, 0.25) is 0 Å². The fraction of sp³-hybridized carbons (Fsp3) is 0.588. The Hall–Kier alpha value is -1.51. The summed E-state index contributed by atoms with van der Waals surface area (Å²) in [6, 6.07) is 5.61. The number of carbonyl (C=O) groups excluding carboxylic acids is 1. The Labute approximate surface area is 120 Å². The van der Waals surface area contributed by atoms with E-state index in [1.807, 2.05) is 18.2 Å². The molecule has 1 fully saturated rings. The average Bonchev–Trinajstić information content (AvgIpc) is 2.81. The zero-order valence-corrected chi connectivity index (χ0v) is 12.3. The molecule has 1 heterocycles. The number of Topliss-reactive ketones (excluding diaryl/α,β-unsaturated/α-hetero) is 1. The maximum absolute atomic E-state index is 12.7. The Morgan fingerprint density at radius 2 is 1.80 bits per heavy atom. The van der Waals surface area contributed by atoms with Crippen LogP contribution in [0.25, 0.3) is 0 Å². The van der Waals surface area contributed by atoms with Gasteiger partial charge in [-0.2, -0.15) is 0 Å². The molecule has 1 aromatic carbocycles. The number of ketones is 1. The van der Waals surface area contributed by atoms with Crippen molar-refractivity contribution in [2.24, 2.45) is 11.3 Å². The van der Waals surface area contributed by atoms with Gasteiger partial charge in [0, 0.05) is 16.9 Å². The third-order valence-corrected chi connectivity index (χ3v) is 4.51. The first-order chi connectivity index (χ1) is 9.58. The van der Waals surface area contributed by atoms with Gasteiger partial charge in [-0.05, 0) is 31.0 Å². The van der Waals surface area contributed by atoms with Crippen molar-refractivity contribution in [2.75, 3.05) is 13.2 Å². The fourth-order valence-electron chi connectivity index (χ4n) is 3.12. The molecular formula is C17H22O3. The summed E-state index contributed by atoms with van der Waals surface area (Å²) in [5, 5.41) is 0. The predicted octanol–water partition coefficient (Wildman–Crippen LogP) is 3.86. The summed E-state index contributed by atoms with van der Waals surface area (Å²) in [7, 11) is 0. The highest BCUT2D eigenvalue weighted by Gasteiger charge is 2.37. The van der Waals surface area contributed by atoms with E-state index >= 15 is 0 Å². The molecule has 1 aliphatic carbocycles. The molecule has 0 radical (unpaired) electrons. The average molecular weight is 274 g/mol. The lowest BCUT2D eigenvalue weighted by Gasteiger charge is -2.22. The quantitative estimate of drug-likeness (QED) is 0.768. The molecule has 20 heavy (non-hydrogen) atoms. The minimum atomic E-state index is -0.187. The SMILES string of the molecule is CC1COc2ccc(C(=O)C3(C)CCCC3)cc2OC1. The molecule has 1 unspecified atom stereocenters. The van der Waals surface area contributed by atoms with Crippen LogP contribution in [0.3, 0.4) is 0 Å². The number of ether oxygens (including phenoxy) is 2. The number of carbonyl (C=O) groups is 1. The fourth-order valence-corrected chi connectivity index (χ4v) is 3.12. The summed E-state index contributed by atoms with van der Waals surface area (Å²) in [4.78, 5) is 12.7. The molecule has 0 amide bonds. The number of benzene rings is 1. The Morgan fingerprint density at radius 3 is 2.50 bits per heavy atom. The summed E-state index contributed by atoms with van der Waals surface area (Å²) in [6.07, 6.45) is 4.31. The maximum atomic E-state index is 12.7. The van der Waals surface area contributed by atoms with Gasteiger partial charge in [0.05, 0.1) is 13.2 Å². The van der Waals surface area contributed by atoms with Gasteiger partial charge in [-0.1, -0.05) is 26.7 Å². The molecule has 1 saturated carbocycles. The summed E-state index contributed by atoms with van der Waals surface area (Å²) in [6.45, 7) is 5.49. The second-order valence-corrected chi connectivity index (χ2v) is 6.49. The van der Waals surface area contributed by atoms with E-state index in [2.05, 4.69) is 13.8 Å². The molecule has 108 valence electrons. The highest BCUT2D eigenvalue weighted by molar-refractivity contribution is 6.01. The smallest absolute Gasteiger partial charge is 0.168 e. The maximum Gasteiger partial charge on any atom is 0.168 e. The van der Waals surface area contributed by atoms with Crippen molar-refractivity contribution in [3.8, 4) is 11.5 Å². The van der Waals surface area contributed by atoms with Crippen molar-refractivity contribution < 1.29 is 14.3 Å². The Kier molecular flexibility index (Phi) is 3.45. The molecule has 1 aliphatic heterocycles. The third-order valence-electron chi connectivity index (χ3n) is 4.51. The van der Waals surface area contributed by atoms with E-state index in [0.29, 0.717) is 24.9 Å². The standard InChI is InChI=1S/C17H22O3/c1-12-10-19-14-6-5-13(9-15(14)20-11-12)16(18)17(2)7-3-4-8-17/h5-6,9,12H,3-4,7-8,10-11H2,1-2H3. The molecule has 0 spiro atoms. The van der Waals surface area contributed by atoms with E-state index in [1.165, 1.54) is 0 Å². The van der Waals surface area contributed by atoms with Crippen molar-refractivity contribution in [1.82, 2.24) is 0 Å². The van der Waals surface area contributed by atoms with Crippen LogP contribution in [0.15, 0.2) is 18.2 Å². The highest BCUT2D eigenvalue weighted by atomic mass is 16.5. The Bertz CT molecular complexity index is 515. The first-order valence-electron chi connectivity index (χ1n) is 7.53. The van der Waals surface area contributed by atoms with E-state index in [-0.39, 0.29) is 11.2 Å². The normalized spacial score (nSPS) is 24.2. The third kappa shape index (κ3) is 2.41. The molecule has 3 heteroatoms. The van der Waals surface area contributed by atoms with Crippen molar-refractivity contribution in [3.63, 3.8) is 0 Å². The van der Waals surface area contributed by atoms with Gasteiger partial charge in [-0.3, -0.25) is 4.79 Å². The Morgan fingerprint density at radius 1 is 1.15 bits per heavy atom. The molecule has 0 saturated heterocycles. The highest BCUT2D eigenvalue weighted by Crippen LogP contribution is 2.41. The lowest BCUT2D eigenvalue weighted by Crippen LogP contribution is -2.24. The van der Waals surface area contributed by atoms with Crippen molar-refractivity contribution in [3.05, 3.63) is 23.8 Å². The van der Waals surface area contributed by atoms with Crippen LogP contribution < -0.4 is 9.47 Å². The molecular weight excluding hydrogens is 252 g/mol. The second-order valence-electron chi connectivity index (χ2n) is 6.49. The van der Waals surface area contributed by atoms with Gasteiger partial charge >= 0.3 is 0 Å². The monoisotopic (exact) mass is 274 g/mol. The van der Waals surface area contributed by atoms with Crippen LogP contribution in [0, 0.1) is 11.3 Å². The van der Waals surface area contributed by atoms with Gasteiger partial charge in [0.2, 0.25) is 0 Å². The molecule has 0 aromatic heterocycles. The van der Waals surface area contributed by atoms with Crippen molar-refractivity contribution in [2.45, 2.75) is 39.5 Å². The summed E-state index contributed by atoms with van der Waals surface area (Å²) in [5.41, 5.74) is 0.568. The zero-order chi connectivity index (χ0) is 14.2. The van der Waals surface area contributed by atoms with E-state index in [4.69, 9.17) is 9.47 Å². The van der Waals surface area contributed by atoms with Gasteiger partial charge in [0.25, 0.3) is 0 Å². The summed E-state index contributed by atoms with van der Waals surface area (Å²) < 4.78 is 11.5. The number of hydrogen-bond donors (Lipinski definition) is 0. The van der Waals surface area contributed by atoms with Gasteiger partial charge in [0.1, 0.15) is 0 Å². The van der Waals surface area contributed by atoms with Crippen LogP contribution in [0.5, 0.6) is 11.5 Å². The zero-order valence-electron chi connectivity index (χ0n) is 12.3. The van der Waals surface area contributed by atoms with E-state index in [1.54, 1.807) is 0 Å². The summed E-state index contributed by atoms with van der Waals surface area (Å²) in [5.74, 6) is 2.08. The van der Waals surface area contributed by atoms with Crippen molar-refractivity contribution >= 4 is 5.78 Å². The number of fused-ring (bicyclic) bond motifs is 1. The van der Waals surface area contributed by atoms with E-state index < -0.39 is 0 Å². The van der Waals surface area contributed by atoms with Gasteiger partial charge < -0.3 is 9.47 Å². The molecule has 1 aromatic rings. The van der Waals surface area contributed by atoms with Gasteiger partial charge in [0.15, 0.2) is 17.3 Å². The molecule has 0 N–H and O–H groups in total. The van der Waals surface area contributed by atoms with Crippen LogP contribution in [0.1, 0.15) is 49.9 Å². The first-order valence-corrected chi connectivity index (χ1v) is 7.53. The minimum absolute atomic E-state index is 0.187. The lowest BCUT2D eigenvalue weighted by molar-refractivity contribution is 0.0823. The Balaban J connectivity index is 1.87. The predicted molar refractivity (Wildman–Crippen MR) is 77.5 cm³/mol. The molecule has 2 aliphatic rings. The molecule has 3 rings (SSSR count). The summed E-state index contributed by atoms with van der Waals surface area (Å²) >= 11 is 0. The van der Waals surface area contributed by atoms with Crippen LogP contribution in [-0.2, 0) is 0 Å². The second kappa shape index (κ2) is 5.12. The largest absolute Gasteiger partial charge is 0.489 e. The first kappa shape index (κ1) is 13.5. The van der Waals surface area contributed by atoms with E-state index in [0.717, 1.165) is 37.0 Å². The van der Waals surface area contributed by atoms with Crippen LogP contribution in [0.4, 0.5) is 0 Å². The van der Waals surface area contributed by atoms with Gasteiger partial charge in [-0.25, -0.2) is 0 Å². The van der Waals surface area contributed by atoms with Crippen LogP contribution in [-0.4, -0.2) is 19.0 Å². The minimum Gasteiger partial charge on any atom is -0.489 e. The molecule has 1 atom stereocenters. The topological polar surface area (TPSA) is 35.5 Å². The lowest BCUT2D eigenvalue weighted by atomic mass is 9.81. The van der Waals surface area contributed by atoms with Crippen molar-refractivity contribution in [1.29, 1.82) is 0 Å². The number of rotatable bonds is 2. The molecule has 3 nitrogen and oxygen atoms in total. The van der Waals surface area contributed by atoms with Crippen LogP contribution >= 0.6 is 0 Å². The number of hydrogen-bond acceptors (Lipinski definition) is 3. The molecule has 0 bridgehead atoms.